The van der Waals surface area contributed by atoms with Crippen LogP contribution in [0.4, 0.5) is 5.69 Å². The van der Waals surface area contributed by atoms with Crippen LogP contribution in [-0.4, -0.2) is 18.2 Å². The summed E-state index contributed by atoms with van der Waals surface area (Å²) in [5.74, 6) is 0.611. The van der Waals surface area contributed by atoms with Crippen molar-refractivity contribution in [1.82, 2.24) is 0 Å². The summed E-state index contributed by atoms with van der Waals surface area (Å²) in [7, 11) is 0. The van der Waals surface area contributed by atoms with E-state index in [1.54, 1.807) is 18.4 Å². The number of benzene rings is 1. The van der Waals surface area contributed by atoms with E-state index in [1.165, 1.54) is 0 Å². The Bertz CT molecular complexity index is 425. The smallest absolute Gasteiger partial charge is 0.134 e. The maximum atomic E-state index is 10.0. The fourth-order valence-electron chi connectivity index (χ4n) is 1.84. The van der Waals surface area contributed by atoms with Gasteiger partial charge in [-0.25, -0.2) is 0 Å². The zero-order valence-corrected chi connectivity index (χ0v) is 9.91. The van der Waals surface area contributed by atoms with Crippen molar-refractivity contribution in [3.63, 3.8) is 0 Å². The standard InChI is InChI=1S/C14H17NO2/c1-2-15(12-7-4-3-5-8-12)11-13(16)14-9-6-10-17-14/h3-10,13,16H,2,11H2,1H3. The largest absolute Gasteiger partial charge is 0.467 e. The SMILES string of the molecule is CCN(CC(O)c1ccco1)c1ccccc1. The van der Waals surface area contributed by atoms with Gasteiger partial charge in [0.05, 0.1) is 12.8 Å². The molecule has 0 aliphatic rings. The first-order valence-corrected chi connectivity index (χ1v) is 5.82. The number of nitrogens with zero attached hydrogens (tertiary/aromatic N) is 1. The Morgan fingerprint density at radius 2 is 1.94 bits per heavy atom. The number of hydrogen-bond acceptors (Lipinski definition) is 3. The summed E-state index contributed by atoms with van der Waals surface area (Å²) in [6.07, 6.45) is 0.988. The van der Waals surface area contributed by atoms with Crippen LogP contribution in [-0.2, 0) is 0 Å². The first kappa shape index (κ1) is 11.7. The van der Waals surface area contributed by atoms with E-state index in [0.717, 1.165) is 12.2 Å². The number of para-hydroxylation sites is 1. The van der Waals surface area contributed by atoms with Crippen LogP contribution in [0.15, 0.2) is 53.1 Å². The highest BCUT2D eigenvalue weighted by Crippen LogP contribution is 2.19. The van der Waals surface area contributed by atoms with Gasteiger partial charge >= 0.3 is 0 Å². The van der Waals surface area contributed by atoms with Crippen LogP contribution in [0.2, 0.25) is 0 Å². The summed E-state index contributed by atoms with van der Waals surface area (Å²) in [6, 6.07) is 13.6. The van der Waals surface area contributed by atoms with E-state index >= 15 is 0 Å². The number of hydrogen-bond donors (Lipinski definition) is 1. The van der Waals surface area contributed by atoms with Crippen molar-refractivity contribution in [2.24, 2.45) is 0 Å². The molecular formula is C14H17NO2. The number of furan rings is 1. The molecule has 0 spiro atoms. The van der Waals surface area contributed by atoms with E-state index in [-0.39, 0.29) is 0 Å². The van der Waals surface area contributed by atoms with E-state index in [9.17, 15) is 5.11 Å². The predicted molar refractivity (Wildman–Crippen MR) is 68.0 cm³/mol. The lowest BCUT2D eigenvalue weighted by molar-refractivity contribution is 0.155. The van der Waals surface area contributed by atoms with Gasteiger partial charge in [-0.05, 0) is 31.2 Å². The molecule has 1 heterocycles. The van der Waals surface area contributed by atoms with Gasteiger partial charge in [0.15, 0.2) is 0 Å². The minimum absolute atomic E-state index is 0.536. The Kier molecular flexibility index (Phi) is 3.83. The fourth-order valence-corrected chi connectivity index (χ4v) is 1.84. The molecule has 0 saturated carbocycles. The second kappa shape index (κ2) is 5.55. The lowest BCUT2D eigenvalue weighted by atomic mass is 10.2. The minimum atomic E-state index is -0.592. The quantitative estimate of drug-likeness (QED) is 0.859. The predicted octanol–water partition coefficient (Wildman–Crippen LogP) is 2.84. The number of rotatable bonds is 5. The van der Waals surface area contributed by atoms with Gasteiger partial charge in [0.2, 0.25) is 0 Å². The van der Waals surface area contributed by atoms with Crippen LogP contribution in [0.5, 0.6) is 0 Å². The van der Waals surface area contributed by atoms with Crippen molar-refractivity contribution in [3.8, 4) is 0 Å². The molecule has 2 aromatic rings. The first-order valence-electron chi connectivity index (χ1n) is 5.82. The summed E-state index contributed by atoms with van der Waals surface area (Å²) in [5.41, 5.74) is 1.11. The van der Waals surface area contributed by atoms with Crippen LogP contribution < -0.4 is 4.90 Å². The molecule has 0 fully saturated rings. The molecule has 0 aliphatic carbocycles. The van der Waals surface area contributed by atoms with Crippen molar-refractivity contribution in [1.29, 1.82) is 0 Å². The average Bonchev–Trinajstić information content (AvgIpc) is 2.90. The molecule has 1 aromatic heterocycles. The number of aliphatic hydroxyl groups excluding tert-OH is 1. The van der Waals surface area contributed by atoms with Gasteiger partial charge in [-0.3, -0.25) is 0 Å². The normalized spacial score (nSPS) is 12.4. The maximum absolute atomic E-state index is 10.0. The van der Waals surface area contributed by atoms with Gasteiger partial charge in [-0.15, -0.1) is 0 Å². The summed E-state index contributed by atoms with van der Waals surface area (Å²) < 4.78 is 5.20. The molecule has 0 radical (unpaired) electrons. The Morgan fingerprint density at radius 1 is 1.18 bits per heavy atom. The average molecular weight is 231 g/mol. The Morgan fingerprint density at radius 3 is 2.53 bits per heavy atom. The van der Waals surface area contributed by atoms with Gasteiger partial charge in [0, 0.05) is 12.2 Å². The lowest BCUT2D eigenvalue weighted by Gasteiger charge is -2.25. The molecule has 1 unspecified atom stereocenters. The van der Waals surface area contributed by atoms with Gasteiger partial charge in [-0.2, -0.15) is 0 Å². The van der Waals surface area contributed by atoms with Crippen LogP contribution >= 0.6 is 0 Å². The molecule has 1 atom stereocenters. The third-order valence-corrected chi connectivity index (χ3v) is 2.77. The van der Waals surface area contributed by atoms with Gasteiger partial charge in [0.1, 0.15) is 11.9 Å². The van der Waals surface area contributed by atoms with E-state index < -0.39 is 6.10 Å². The van der Waals surface area contributed by atoms with E-state index in [4.69, 9.17) is 4.42 Å². The number of anilines is 1. The topological polar surface area (TPSA) is 36.6 Å². The Hall–Kier alpha value is -1.74. The van der Waals surface area contributed by atoms with Gasteiger partial charge < -0.3 is 14.4 Å². The summed E-state index contributed by atoms with van der Waals surface area (Å²) in [4.78, 5) is 2.12. The summed E-state index contributed by atoms with van der Waals surface area (Å²) >= 11 is 0. The fraction of sp³-hybridized carbons (Fsp3) is 0.286. The first-order chi connectivity index (χ1) is 8.31. The molecule has 0 amide bonds. The molecule has 1 N–H and O–H groups in total. The van der Waals surface area contributed by atoms with E-state index in [0.29, 0.717) is 12.3 Å². The second-order valence-electron chi connectivity index (χ2n) is 3.91. The molecule has 1 aromatic carbocycles. The van der Waals surface area contributed by atoms with E-state index in [1.807, 2.05) is 30.3 Å². The van der Waals surface area contributed by atoms with Crippen molar-refractivity contribution >= 4 is 5.69 Å². The zero-order valence-electron chi connectivity index (χ0n) is 9.91. The zero-order chi connectivity index (χ0) is 12.1. The monoisotopic (exact) mass is 231 g/mol. The van der Waals surface area contributed by atoms with Gasteiger partial charge in [-0.1, -0.05) is 18.2 Å². The second-order valence-corrected chi connectivity index (χ2v) is 3.91. The Labute approximate surface area is 101 Å². The van der Waals surface area contributed by atoms with Crippen LogP contribution in [0, 0.1) is 0 Å². The molecule has 0 aliphatic heterocycles. The molecule has 90 valence electrons. The minimum Gasteiger partial charge on any atom is -0.467 e. The van der Waals surface area contributed by atoms with Crippen molar-refractivity contribution < 1.29 is 9.52 Å². The molecule has 2 rings (SSSR count). The third kappa shape index (κ3) is 2.88. The third-order valence-electron chi connectivity index (χ3n) is 2.77. The molecule has 0 saturated heterocycles. The van der Waals surface area contributed by atoms with Crippen LogP contribution in [0.1, 0.15) is 18.8 Å². The number of aliphatic hydroxyl groups is 1. The molecule has 3 heteroatoms. The summed E-state index contributed by atoms with van der Waals surface area (Å²) in [5, 5.41) is 10.0. The van der Waals surface area contributed by atoms with Gasteiger partial charge in [0.25, 0.3) is 0 Å². The molecule has 0 bridgehead atoms. The maximum Gasteiger partial charge on any atom is 0.134 e. The van der Waals surface area contributed by atoms with Crippen molar-refractivity contribution in [2.45, 2.75) is 13.0 Å². The highest BCUT2D eigenvalue weighted by molar-refractivity contribution is 5.46. The van der Waals surface area contributed by atoms with Crippen molar-refractivity contribution in [3.05, 3.63) is 54.5 Å². The highest BCUT2D eigenvalue weighted by Gasteiger charge is 2.14. The van der Waals surface area contributed by atoms with Crippen LogP contribution in [0.25, 0.3) is 0 Å². The molecule has 17 heavy (non-hydrogen) atoms. The van der Waals surface area contributed by atoms with Crippen LogP contribution in [0.3, 0.4) is 0 Å². The van der Waals surface area contributed by atoms with E-state index in [2.05, 4.69) is 11.8 Å². The van der Waals surface area contributed by atoms with Crippen molar-refractivity contribution in [2.75, 3.05) is 18.0 Å². The summed E-state index contributed by atoms with van der Waals surface area (Å²) in [6.45, 7) is 3.46. The lowest BCUT2D eigenvalue weighted by Crippen LogP contribution is -2.28. The Balaban J connectivity index is 2.06. The number of likely N-dealkylation sites (N-methyl/N-ethyl adjacent to an activating group) is 1. The highest BCUT2D eigenvalue weighted by atomic mass is 16.4. The molecular weight excluding hydrogens is 214 g/mol. The molecule has 3 nitrogen and oxygen atoms in total.